The molecule has 0 aliphatic carbocycles. The van der Waals surface area contributed by atoms with Crippen molar-refractivity contribution in [1.82, 2.24) is 15.2 Å². The van der Waals surface area contributed by atoms with E-state index in [1.54, 1.807) is 0 Å². The van der Waals surface area contributed by atoms with Crippen LogP contribution in [-0.2, 0) is 10.5 Å². The number of pyridine rings is 1. The molecule has 0 amide bonds. The lowest BCUT2D eigenvalue weighted by Crippen LogP contribution is -2.10. The second-order valence-electron chi connectivity index (χ2n) is 6.10. The summed E-state index contributed by atoms with van der Waals surface area (Å²) in [6, 6.07) is 17.3. The Kier molecular flexibility index (Phi) is 5.08. The summed E-state index contributed by atoms with van der Waals surface area (Å²) in [4.78, 5) is 17.0. The van der Waals surface area contributed by atoms with Crippen LogP contribution in [0, 0.1) is 6.92 Å². The number of benzene rings is 2. The maximum atomic E-state index is 12.4. The lowest BCUT2D eigenvalue weighted by molar-refractivity contribution is 0.0598. The van der Waals surface area contributed by atoms with Gasteiger partial charge in [0.25, 0.3) is 5.22 Å². The van der Waals surface area contributed by atoms with Crippen molar-refractivity contribution in [2.75, 3.05) is 7.11 Å². The summed E-state index contributed by atoms with van der Waals surface area (Å²) < 4.78 is 10.7. The van der Waals surface area contributed by atoms with E-state index in [4.69, 9.17) is 9.15 Å². The van der Waals surface area contributed by atoms with Crippen molar-refractivity contribution in [2.45, 2.75) is 17.9 Å². The first kappa shape index (κ1) is 18.2. The number of ether oxygens (including phenoxy) is 1. The molecule has 0 saturated heterocycles. The topological polar surface area (TPSA) is 78.1 Å². The first-order chi connectivity index (χ1) is 13.7. The fraction of sp³-hybridized carbons (Fsp3) is 0.143. The molecule has 4 aromatic rings. The van der Waals surface area contributed by atoms with Crippen LogP contribution in [0.2, 0.25) is 0 Å². The highest BCUT2D eigenvalue weighted by molar-refractivity contribution is 7.98. The van der Waals surface area contributed by atoms with E-state index in [0.29, 0.717) is 28.1 Å². The second kappa shape index (κ2) is 7.82. The molecule has 0 radical (unpaired) electrons. The van der Waals surface area contributed by atoms with E-state index in [0.717, 1.165) is 22.0 Å². The zero-order valence-electron chi connectivity index (χ0n) is 15.4. The van der Waals surface area contributed by atoms with Crippen LogP contribution in [-0.4, -0.2) is 28.3 Å². The molecule has 0 aliphatic heterocycles. The molecule has 2 aromatic heterocycles. The van der Waals surface area contributed by atoms with Crippen LogP contribution in [0.3, 0.4) is 0 Å². The predicted octanol–water partition coefficient (Wildman–Crippen LogP) is 4.67. The van der Waals surface area contributed by atoms with Crippen LogP contribution in [0.1, 0.15) is 21.6 Å². The lowest BCUT2D eigenvalue weighted by Gasteiger charge is -2.12. The van der Waals surface area contributed by atoms with Crippen molar-refractivity contribution in [1.29, 1.82) is 0 Å². The van der Waals surface area contributed by atoms with Gasteiger partial charge in [0.05, 0.1) is 23.9 Å². The Balaban J connectivity index is 1.64. The number of thioether (sulfide) groups is 1. The fourth-order valence-corrected chi connectivity index (χ4v) is 3.72. The highest BCUT2D eigenvalue weighted by Gasteiger charge is 2.20. The van der Waals surface area contributed by atoms with Crippen molar-refractivity contribution >= 4 is 28.6 Å². The van der Waals surface area contributed by atoms with E-state index < -0.39 is 5.97 Å². The summed E-state index contributed by atoms with van der Waals surface area (Å²) in [5.41, 5.74) is 3.66. The molecule has 0 spiro atoms. The number of hydrogen-bond acceptors (Lipinski definition) is 7. The number of carbonyl (C=O) groups excluding carboxylic acids is 1. The average Bonchev–Trinajstić information content (AvgIpc) is 3.21. The predicted molar refractivity (Wildman–Crippen MR) is 107 cm³/mol. The smallest absolute Gasteiger partial charge is 0.340 e. The van der Waals surface area contributed by atoms with E-state index in [2.05, 4.69) is 15.2 Å². The molecular formula is C21H17N3O3S. The van der Waals surface area contributed by atoms with Gasteiger partial charge in [0.2, 0.25) is 5.89 Å². The Bertz CT molecular complexity index is 1140. The van der Waals surface area contributed by atoms with Gasteiger partial charge in [0.1, 0.15) is 0 Å². The Labute approximate surface area is 166 Å². The minimum Gasteiger partial charge on any atom is -0.465 e. The number of rotatable bonds is 5. The zero-order valence-corrected chi connectivity index (χ0v) is 16.2. The molecule has 28 heavy (non-hydrogen) atoms. The summed E-state index contributed by atoms with van der Waals surface area (Å²) in [5.74, 6) is 0.466. The number of aryl methyl sites for hydroxylation is 1. The number of para-hydroxylation sites is 1. The molecule has 0 unspecified atom stereocenters. The molecule has 2 heterocycles. The Hall–Kier alpha value is -3.19. The quantitative estimate of drug-likeness (QED) is 0.361. The molecule has 0 N–H and O–H groups in total. The van der Waals surface area contributed by atoms with Gasteiger partial charge in [-0.3, -0.25) is 4.98 Å². The van der Waals surface area contributed by atoms with Gasteiger partial charge in [-0.1, -0.05) is 48.2 Å². The SMILES string of the molecule is COC(=O)c1c(CSc2nnc(-c3ccccc3)o2)nc2ccccc2c1C. The van der Waals surface area contributed by atoms with Gasteiger partial charge in [-0.25, -0.2) is 4.79 Å². The third kappa shape index (κ3) is 3.48. The number of hydrogen-bond donors (Lipinski definition) is 0. The van der Waals surface area contributed by atoms with Crippen molar-refractivity contribution in [3.05, 3.63) is 71.4 Å². The Morgan fingerprint density at radius 1 is 1.07 bits per heavy atom. The average molecular weight is 391 g/mol. The van der Waals surface area contributed by atoms with Gasteiger partial charge in [-0.2, -0.15) is 0 Å². The molecule has 0 atom stereocenters. The molecule has 7 heteroatoms. The van der Waals surface area contributed by atoms with Gasteiger partial charge in [-0.05, 0) is 30.7 Å². The fourth-order valence-electron chi connectivity index (χ4n) is 3.01. The van der Waals surface area contributed by atoms with Gasteiger partial charge in [-0.15, -0.1) is 10.2 Å². The molecular weight excluding hydrogens is 374 g/mol. The Morgan fingerprint density at radius 2 is 1.82 bits per heavy atom. The lowest BCUT2D eigenvalue weighted by atomic mass is 10.0. The summed E-state index contributed by atoms with van der Waals surface area (Å²) in [5, 5.41) is 9.53. The van der Waals surface area contributed by atoms with Crippen molar-refractivity contribution in [2.24, 2.45) is 0 Å². The summed E-state index contributed by atoms with van der Waals surface area (Å²) in [7, 11) is 1.37. The third-order valence-electron chi connectivity index (χ3n) is 4.38. The molecule has 0 saturated carbocycles. The number of carbonyl (C=O) groups is 1. The van der Waals surface area contributed by atoms with Crippen LogP contribution in [0.5, 0.6) is 0 Å². The molecule has 0 fully saturated rings. The van der Waals surface area contributed by atoms with Crippen LogP contribution in [0.25, 0.3) is 22.4 Å². The first-order valence-corrected chi connectivity index (χ1v) is 9.64. The number of fused-ring (bicyclic) bond motifs is 1. The summed E-state index contributed by atoms with van der Waals surface area (Å²) >= 11 is 1.34. The Morgan fingerprint density at radius 3 is 2.61 bits per heavy atom. The van der Waals surface area contributed by atoms with E-state index in [1.807, 2.05) is 61.5 Å². The number of nitrogens with zero attached hydrogens (tertiary/aromatic N) is 3. The van der Waals surface area contributed by atoms with Crippen molar-refractivity contribution in [3.8, 4) is 11.5 Å². The van der Waals surface area contributed by atoms with Crippen molar-refractivity contribution in [3.63, 3.8) is 0 Å². The van der Waals surface area contributed by atoms with Crippen LogP contribution in [0.4, 0.5) is 0 Å². The van der Waals surface area contributed by atoms with Gasteiger partial charge >= 0.3 is 5.97 Å². The molecule has 6 nitrogen and oxygen atoms in total. The van der Waals surface area contributed by atoms with Crippen molar-refractivity contribution < 1.29 is 13.9 Å². The molecule has 140 valence electrons. The largest absolute Gasteiger partial charge is 0.465 e. The summed E-state index contributed by atoms with van der Waals surface area (Å²) in [6.07, 6.45) is 0. The van der Waals surface area contributed by atoms with Gasteiger partial charge < -0.3 is 9.15 Å². The molecule has 0 bridgehead atoms. The van der Waals surface area contributed by atoms with Crippen LogP contribution < -0.4 is 0 Å². The number of aromatic nitrogens is 3. The van der Waals surface area contributed by atoms with E-state index in [-0.39, 0.29) is 0 Å². The molecule has 0 aliphatic rings. The van der Waals surface area contributed by atoms with Gasteiger partial charge in [0, 0.05) is 16.7 Å². The highest BCUT2D eigenvalue weighted by atomic mass is 32.2. The number of methoxy groups -OCH3 is 1. The third-order valence-corrected chi connectivity index (χ3v) is 5.21. The first-order valence-electron chi connectivity index (χ1n) is 8.65. The van der Waals surface area contributed by atoms with E-state index in [1.165, 1.54) is 18.9 Å². The second-order valence-corrected chi connectivity index (χ2v) is 7.02. The zero-order chi connectivity index (χ0) is 19.5. The van der Waals surface area contributed by atoms with Crippen LogP contribution in [0.15, 0.2) is 64.2 Å². The monoisotopic (exact) mass is 391 g/mol. The minimum absolute atomic E-state index is 0.401. The van der Waals surface area contributed by atoms with Gasteiger partial charge in [0.15, 0.2) is 0 Å². The standard InChI is InChI=1S/C21H17N3O3S/c1-13-15-10-6-7-11-16(15)22-17(18(13)20(25)26-2)12-28-21-24-23-19(27-21)14-8-4-3-5-9-14/h3-11H,12H2,1-2H3. The molecule has 2 aromatic carbocycles. The van der Waals surface area contributed by atoms with Crippen LogP contribution >= 0.6 is 11.8 Å². The van der Waals surface area contributed by atoms with E-state index in [9.17, 15) is 4.79 Å². The highest BCUT2D eigenvalue weighted by Crippen LogP contribution is 2.29. The normalized spacial score (nSPS) is 10.9. The maximum Gasteiger partial charge on any atom is 0.340 e. The summed E-state index contributed by atoms with van der Waals surface area (Å²) in [6.45, 7) is 1.91. The number of esters is 1. The maximum absolute atomic E-state index is 12.4. The minimum atomic E-state index is -0.401. The van der Waals surface area contributed by atoms with E-state index >= 15 is 0 Å². The molecule has 4 rings (SSSR count).